The second kappa shape index (κ2) is 8.63. The number of likely N-dealkylation sites (tertiary alicyclic amines) is 1. The van der Waals surface area contributed by atoms with E-state index in [1.165, 1.54) is 23.3 Å². The summed E-state index contributed by atoms with van der Waals surface area (Å²) in [4.78, 5) is 19.2. The number of rotatable bonds is 6. The van der Waals surface area contributed by atoms with E-state index in [4.69, 9.17) is 0 Å². The first-order valence-electron chi connectivity index (χ1n) is 9.23. The maximum atomic E-state index is 12.7. The summed E-state index contributed by atoms with van der Waals surface area (Å²) in [5.41, 5.74) is 1.41. The molecule has 134 valence electrons. The zero-order chi connectivity index (χ0) is 17.6. The van der Waals surface area contributed by atoms with Gasteiger partial charge in [-0.2, -0.15) is 0 Å². The summed E-state index contributed by atoms with van der Waals surface area (Å²) in [6.07, 6.45) is 4.60. The lowest BCUT2D eigenvalue weighted by Gasteiger charge is -2.37. The first kappa shape index (κ1) is 18.2. The maximum absolute atomic E-state index is 12.7. The highest BCUT2D eigenvalue weighted by Gasteiger charge is 2.27. The maximum Gasteiger partial charge on any atom is 0.263 e. The van der Waals surface area contributed by atoms with E-state index in [1.54, 1.807) is 11.3 Å². The molecule has 3 nitrogen and oxygen atoms in total. The molecule has 1 amide bonds. The Morgan fingerprint density at radius 3 is 2.76 bits per heavy atom. The molecule has 4 heteroatoms. The second-order valence-electron chi connectivity index (χ2n) is 7.01. The van der Waals surface area contributed by atoms with E-state index >= 15 is 0 Å². The van der Waals surface area contributed by atoms with E-state index in [-0.39, 0.29) is 5.91 Å². The summed E-state index contributed by atoms with van der Waals surface area (Å²) in [5, 5.41) is 0. The Labute approximate surface area is 155 Å². The zero-order valence-corrected chi connectivity index (χ0v) is 16.1. The number of piperidine rings is 1. The van der Waals surface area contributed by atoms with Gasteiger partial charge in [-0.05, 0) is 63.4 Å². The molecule has 2 aromatic rings. The lowest BCUT2D eigenvalue weighted by molar-refractivity contribution is 0.0621. The van der Waals surface area contributed by atoms with E-state index in [9.17, 15) is 4.79 Å². The van der Waals surface area contributed by atoms with Gasteiger partial charge in [0.05, 0.1) is 4.88 Å². The van der Waals surface area contributed by atoms with Crippen molar-refractivity contribution in [3.05, 3.63) is 57.8 Å². The summed E-state index contributed by atoms with van der Waals surface area (Å²) in [6, 6.07) is 15.0. The third-order valence-electron chi connectivity index (χ3n) is 5.08. The first-order chi connectivity index (χ1) is 12.1. The van der Waals surface area contributed by atoms with Gasteiger partial charge in [0.2, 0.25) is 0 Å². The lowest BCUT2D eigenvalue weighted by atomic mass is 10.0. The number of hydrogen-bond acceptors (Lipinski definition) is 3. The molecule has 0 bridgehead atoms. The highest BCUT2D eigenvalue weighted by atomic mass is 32.1. The number of hydrogen-bond donors (Lipinski definition) is 0. The molecule has 0 N–H and O–H groups in total. The van der Waals surface area contributed by atoms with Crippen molar-refractivity contribution in [3.63, 3.8) is 0 Å². The minimum Gasteiger partial charge on any atom is -0.337 e. The second-order valence-corrected chi connectivity index (χ2v) is 8.30. The van der Waals surface area contributed by atoms with Crippen molar-refractivity contribution in [3.8, 4) is 0 Å². The summed E-state index contributed by atoms with van der Waals surface area (Å²) in [7, 11) is 1.97. The molecule has 3 rings (SSSR count). The fourth-order valence-electron chi connectivity index (χ4n) is 3.59. The molecule has 1 aromatic heterocycles. The smallest absolute Gasteiger partial charge is 0.263 e. The Kier molecular flexibility index (Phi) is 6.27. The van der Waals surface area contributed by atoms with E-state index in [0.717, 1.165) is 37.4 Å². The van der Waals surface area contributed by atoms with E-state index in [2.05, 4.69) is 42.2 Å². The van der Waals surface area contributed by atoms with Crippen LogP contribution in [0.2, 0.25) is 0 Å². The number of carbonyl (C=O) groups excluding carboxylic acids is 1. The summed E-state index contributed by atoms with van der Waals surface area (Å²) >= 11 is 1.60. The SMILES string of the molecule is Cc1ccc(C(=O)N(C)[C@@H]2CCCN(CCCc3ccccc3)C2)s1. The summed E-state index contributed by atoms with van der Waals surface area (Å²) in [6.45, 7) is 5.33. The number of thiophene rings is 1. The van der Waals surface area contributed by atoms with Crippen LogP contribution in [-0.2, 0) is 6.42 Å². The van der Waals surface area contributed by atoms with Gasteiger partial charge in [-0.25, -0.2) is 0 Å². The van der Waals surface area contributed by atoms with Crippen molar-refractivity contribution >= 4 is 17.2 Å². The fourth-order valence-corrected chi connectivity index (χ4v) is 4.44. The van der Waals surface area contributed by atoms with Gasteiger partial charge >= 0.3 is 0 Å². The molecule has 0 radical (unpaired) electrons. The van der Waals surface area contributed by atoms with Crippen LogP contribution < -0.4 is 0 Å². The van der Waals surface area contributed by atoms with Crippen LogP contribution in [0, 0.1) is 6.92 Å². The van der Waals surface area contributed by atoms with E-state index < -0.39 is 0 Å². The molecule has 0 aliphatic carbocycles. The molecule has 0 saturated carbocycles. The Balaban J connectivity index is 1.49. The largest absolute Gasteiger partial charge is 0.337 e. The number of benzene rings is 1. The Hall–Kier alpha value is -1.65. The van der Waals surface area contributed by atoms with Gasteiger partial charge in [-0.15, -0.1) is 11.3 Å². The van der Waals surface area contributed by atoms with E-state index in [0.29, 0.717) is 6.04 Å². The minimum atomic E-state index is 0.175. The van der Waals surface area contributed by atoms with Gasteiger partial charge in [0.15, 0.2) is 0 Å². The van der Waals surface area contributed by atoms with Crippen LogP contribution in [0.1, 0.15) is 39.4 Å². The third-order valence-corrected chi connectivity index (χ3v) is 6.07. The molecule has 1 fully saturated rings. The van der Waals surface area contributed by atoms with Gasteiger partial charge < -0.3 is 9.80 Å². The van der Waals surface area contributed by atoms with Gasteiger partial charge in [0.25, 0.3) is 5.91 Å². The van der Waals surface area contributed by atoms with Gasteiger partial charge in [0.1, 0.15) is 0 Å². The van der Waals surface area contributed by atoms with Crippen LogP contribution >= 0.6 is 11.3 Å². The predicted molar refractivity (Wildman–Crippen MR) is 105 cm³/mol. The molecule has 25 heavy (non-hydrogen) atoms. The number of amides is 1. The zero-order valence-electron chi connectivity index (χ0n) is 15.3. The topological polar surface area (TPSA) is 23.6 Å². The van der Waals surface area contributed by atoms with E-state index in [1.807, 2.05) is 24.1 Å². The van der Waals surface area contributed by atoms with Crippen LogP contribution in [0.15, 0.2) is 42.5 Å². The lowest BCUT2D eigenvalue weighted by Crippen LogP contribution is -2.48. The van der Waals surface area contributed by atoms with Crippen LogP contribution in [0.25, 0.3) is 0 Å². The average Bonchev–Trinajstić information content (AvgIpc) is 3.08. The quantitative estimate of drug-likeness (QED) is 0.773. The minimum absolute atomic E-state index is 0.175. The van der Waals surface area contributed by atoms with Crippen molar-refractivity contribution in [1.29, 1.82) is 0 Å². The van der Waals surface area contributed by atoms with Gasteiger partial charge in [-0.1, -0.05) is 30.3 Å². The molecule has 0 unspecified atom stereocenters. The molecule has 1 aromatic carbocycles. The predicted octanol–water partition coefficient (Wildman–Crippen LogP) is 4.23. The summed E-state index contributed by atoms with van der Waals surface area (Å²) < 4.78 is 0. The molecule has 1 atom stereocenters. The van der Waals surface area contributed by atoms with Crippen molar-refractivity contribution in [2.45, 2.75) is 38.6 Å². The molecular weight excluding hydrogens is 328 g/mol. The number of nitrogens with zero attached hydrogens (tertiary/aromatic N) is 2. The molecule has 1 saturated heterocycles. The van der Waals surface area contributed by atoms with Crippen molar-refractivity contribution in [2.75, 3.05) is 26.7 Å². The van der Waals surface area contributed by atoms with Gasteiger partial charge in [-0.3, -0.25) is 4.79 Å². The van der Waals surface area contributed by atoms with Crippen LogP contribution in [0.4, 0.5) is 0 Å². The van der Waals surface area contributed by atoms with Crippen molar-refractivity contribution < 1.29 is 4.79 Å². The Bertz CT molecular complexity index is 682. The Morgan fingerprint density at radius 1 is 1.24 bits per heavy atom. The van der Waals surface area contributed by atoms with Crippen LogP contribution in [-0.4, -0.2) is 48.4 Å². The highest BCUT2D eigenvalue weighted by molar-refractivity contribution is 7.13. The first-order valence-corrected chi connectivity index (χ1v) is 10.0. The average molecular weight is 357 g/mol. The van der Waals surface area contributed by atoms with Crippen molar-refractivity contribution in [2.24, 2.45) is 0 Å². The van der Waals surface area contributed by atoms with Gasteiger partial charge in [0, 0.05) is 24.5 Å². The number of aryl methyl sites for hydroxylation is 2. The number of likely N-dealkylation sites (N-methyl/N-ethyl adjacent to an activating group) is 1. The van der Waals surface area contributed by atoms with Crippen LogP contribution in [0.3, 0.4) is 0 Å². The van der Waals surface area contributed by atoms with Crippen molar-refractivity contribution in [1.82, 2.24) is 9.80 Å². The van der Waals surface area contributed by atoms with Crippen LogP contribution in [0.5, 0.6) is 0 Å². The molecular formula is C21H28N2OS. The Morgan fingerprint density at radius 2 is 2.04 bits per heavy atom. The monoisotopic (exact) mass is 356 g/mol. The standard InChI is InChI=1S/C21H28N2OS/c1-17-12-13-20(25-17)21(24)22(2)19-11-7-15-23(16-19)14-6-10-18-8-4-3-5-9-18/h3-5,8-9,12-13,19H,6-7,10-11,14-16H2,1-2H3/t19-/m1/s1. The molecule has 1 aliphatic rings. The molecule has 2 heterocycles. The highest BCUT2D eigenvalue weighted by Crippen LogP contribution is 2.21. The summed E-state index contributed by atoms with van der Waals surface area (Å²) in [5.74, 6) is 0.175. The molecule has 0 spiro atoms. The fraction of sp³-hybridized carbons (Fsp3) is 0.476. The molecule has 1 aliphatic heterocycles. The normalized spacial score (nSPS) is 18.2. The third kappa shape index (κ3) is 4.93. The number of carbonyl (C=O) groups is 1.